The van der Waals surface area contributed by atoms with Gasteiger partial charge in [0.1, 0.15) is 10.7 Å². The largest absolute Gasteiger partial charge is 0.381 e. The molecule has 112 valence electrons. The fourth-order valence-electron chi connectivity index (χ4n) is 2.78. The van der Waals surface area contributed by atoms with Crippen LogP contribution in [0.1, 0.15) is 34.3 Å². The average Bonchev–Trinajstić information content (AvgIpc) is 3.11. The molecule has 3 rings (SSSR count). The lowest BCUT2D eigenvalue weighted by molar-refractivity contribution is 0.0781. The van der Waals surface area contributed by atoms with E-state index in [-0.39, 0.29) is 28.5 Å². The van der Waals surface area contributed by atoms with E-state index in [1.807, 2.05) is 24.6 Å². The van der Waals surface area contributed by atoms with Crippen molar-refractivity contribution in [3.63, 3.8) is 0 Å². The predicted molar refractivity (Wildman–Crippen MR) is 79.3 cm³/mol. The van der Waals surface area contributed by atoms with Crippen LogP contribution in [0, 0.1) is 13.8 Å². The fourth-order valence-corrected chi connectivity index (χ4v) is 2.95. The van der Waals surface area contributed by atoms with Crippen LogP contribution in [0.5, 0.6) is 0 Å². The van der Waals surface area contributed by atoms with E-state index in [2.05, 4.69) is 15.3 Å². The molecule has 0 aromatic carbocycles. The molecule has 3 N–H and O–H groups in total. The van der Waals surface area contributed by atoms with Gasteiger partial charge in [0, 0.05) is 18.8 Å². The van der Waals surface area contributed by atoms with Crippen molar-refractivity contribution < 1.29 is 4.79 Å². The van der Waals surface area contributed by atoms with Crippen LogP contribution in [-0.4, -0.2) is 43.9 Å². The molecular formula is C13H17ClN6O. The number of aryl methyl sites for hydroxylation is 2. The Kier molecular flexibility index (Phi) is 3.36. The summed E-state index contributed by atoms with van der Waals surface area (Å²) in [6, 6.07) is 2.23. The summed E-state index contributed by atoms with van der Waals surface area (Å²) in [5.74, 6) is -0.0254. The number of aromatic amines is 1. The Labute approximate surface area is 127 Å². The van der Waals surface area contributed by atoms with Gasteiger partial charge < -0.3 is 10.6 Å². The smallest absolute Gasteiger partial charge is 0.273 e. The van der Waals surface area contributed by atoms with Crippen molar-refractivity contribution in [2.45, 2.75) is 26.3 Å². The zero-order valence-corrected chi connectivity index (χ0v) is 12.7. The van der Waals surface area contributed by atoms with E-state index in [4.69, 9.17) is 17.3 Å². The molecule has 0 saturated carbocycles. The zero-order valence-electron chi connectivity index (χ0n) is 11.9. The van der Waals surface area contributed by atoms with Crippen LogP contribution in [0.3, 0.4) is 0 Å². The number of hydrogen-bond donors (Lipinski definition) is 2. The van der Waals surface area contributed by atoms with Crippen LogP contribution >= 0.6 is 11.6 Å². The number of rotatable bonds is 2. The number of nitrogens with two attached hydrogens (primary N) is 1. The molecule has 8 heteroatoms. The lowest BCUT2D eigenvalue weighted by Gasteiger charge is -2.16. The van der Waals surface area contributed by atoms with E-state index in [1.54, 1.807) is 4.90 Å². The van der Waals surface area contributed by atoms with Gasteiger partial charge in [-0.1, -0.05) is 11.6 Å². The normalized spacial score (nSPS) is 18.4. The number of nitrogens with one attached hydrogen (secondary N) is 1. The second-order valence-electron chi connectivity index (χ2n) is 5.36. The summed E-state index contributed by atoms with van der Waals surface area (Å²) in [6.45, 7) is 5.26. The van der Waals surface area contributed by atoms with Gasteiger partial charge >= 0.3 is 0 Å². The summed E-state index contributed by atoms with van der Waals surface area (Å²) in [4.78, 5) is 14.2. The summed E-state index contributed by atoms with van der Waals surface area (Å²) >= 11 is 5.98. The van der Waals surface area contributed by atoms with Crippen molar-refractivity contribution >= 4 is 23.3 Å². The van der Waals surface area contributed by atoms with Gasteiger partial charge in [0.15, 0.2) is 5.82 Å². The number of carbonyl (C=O) groups is 1. The van der Waals surface area contributed by atoms with E-state index >= 15 is 0 Å². The monoisotopic (exact) mass is 308 g/mol. The maximum absolute atomic E-state index is 12.4. The van der Waals surface area contributed by atoms with Gasteiger partial charge in [0.25, 0.3) is 5.91 Å². The number of carbonyl (C=O) groups excluding carboxylic acids is 1. The lowest BCUT2D eigenvalue weighted by atomic mass is 10.2. The molecule has 0 bridgehead atoms. The minimum absolute atomic E-state index is 0.148. The van der Waals surface area contributed by atoms with Crippen LogP contribution < -0.4 is 5.73 Å². The van der Waals surface area contributed by atoms with Crippen molar-refractivity contribution in [1.29, 1.82) is 0 Å². The maximum atomic E-state index is 12.4. The van der Waals surface area contributed by atoms with Crippen molar-refractivity contribution in [1.82, 2.24) is 24.9 Å². The van der Waals surface area contributed by atoms with E-state index < -0.39 is 0 Å². The predicted octanol–water partition coefficient (Wildman–Crippen LogP) is 1.55. The highest BCUT2D eigenvalue weighted by Crippen LogP contribution is 2.27. The average molecular weight is 309 g/mol. The lowest BCUT2D eigenvalue weighted by Crippen LogP contribution is -2.30. The summed E-state index contributed by atoms with van der Waals surface area (Å²) in [6.07, 6.45) is 0.870. The molecule has 0 spiro atoms. The first-order valence-corrected chi connectivity index (χ1v) is 7.16. The van der Waals surface area contributed by atoms with E-state index in [0.717, 1.165) is 17.8 Å². The number of likely N-dealkylation sites (tertiary alicyclic amines) is 1. The number of anilines is 1. The molecule has 1 amide bonds. The minimum Gasteiger partial charge on any atom is -0.381 e. The summed E-state index contributed by atoms with van der Waals surface area (Å²) < 4.78 is 1.99. The van der Waals surface area contributed by atoms with Gasteiger partial charge in [-0.15, -0.1) is 0 Å². The molecule has 1 atom stereocenters. The summed E-state index contributed by atoms with van der Waals surface area (Å²) in [5.41, 5.74) is 7.91. The first-order valence-electron chi connectivity index (χ1n) is 6.78. The van der Waals surface area contributed by atoms with E-state index in [0.29, 0.717) is 13.1 Å². The quantitative estimate of drug-likeness (QED) is 0.880. The van der Waals surface area contributed by atoms with Crippen molar-refractivity contribution in [3.05, 3.63) is 28.2 Å². The molecule has 21 heavy (non-hydrogen) atoms. The number of H-pyrrole nitrogens is 1. The topological polar surface area (TPSA) is 92.8 Å². The molecule has 1 saturated heterocycles. The molecule has 1 aliphatic rings. The molecule has 7 nitrogen and oxygen atoms in total. The van der Waals surface area contributed by atoms with E-state index in [9.17, 15) is 4.79 Å². The highest BCUT2D eigenvalue weighted by atomic mass is 35.5. The van der Waals surface area contributed by atoms with Gasteiger partial charge in [-0.3, -0.25) is 14.6 Å². The summed E-state index contributed by atoms with van der Waals surface area (Å²) in [5, 5.41) is 11.0. The van der Waals surface area contributed by atoms with Gasteiger partial charge in [0.2, 0.25) is 0 Å². The molecule has 0 radical (unpaired) electrons. The van der Waals surface area contributed by atoms with Gasteiger partial charge in [-0.2, -0.15) is 10.2 Å². The van der Waals surface area contributed by atoms with Crippen molar-refractivity contribution in [2.24, 2.45) is 0 Å². The Hall–Kier alpha value is -2.02. The Balaban J connectivity index is 1.77. The number of hydrogen-bond acceptors (Lipinski definition) is 4. The second-order valence-corrected chi connectivity index (χ2v) is 5.74. The molecule has 1 fully saturated rings. The van der Waals surface area contributed by atoms with Crippen molar-refractivity contribution in [3.8, 4) is 0 Å². The number of nitrogens with zero attached hydrogens (tertiary/aromatic N) is 4. The highest BCUT2D eigenvalue weighted by Gasteiger charge is 2.31. The van der Waals surface area contributed by atoms with E-state index in [1.165, 1.54) is 0 Å². The molecule has 3 heterocycles. The van der Waals surface area contributed by atoms with Crippen LogP contribution in [0.2, 0.25) is 5.02 Å². The Bertz CT molecular complexity index is 691. The van der Waals surface area contributed by atoms with Crippen LogP contribution in [0.4, 0.5) is 5.82 Å². The van der Waals surface area contributed by atoms with Gasteiger partial charge in [0.05, 0.1) is 11.7 Å². The number of halogens is 1. The minimum atomic E-state index is -0.173. The molecule has 1 aliphatic heterocycles. The number of aromatic nitrogens is 4. The first-order chi connectivity index (χ1) is 9.97. The maximum Gasteiger partial charge on any atom is 0.273 e. The van der Waals surface area contributed by atoms with Crippen LogP contribution in [0.15, 0.2) is 6.07 Å². The SMILES string of the molecule is Cc1cc(C)n([C@H]2CCN(C(=O)c3[nH]nc(N)c3Cl)C2)n1. The molecule has 2 aromatic heterocycles. The Morgan fingerprint density at radius 2 is 2.29 bits per heavy atom. The molecule has 0 aliphatic carbocycles. The summed E-state index contributed by atoms with van der Waals surface area (Å²) in [7, 11) is 0. The molecule has 2 aromatic rings. The van der Waals surface area contributed by atoms with Gasteiger partial charge in [-0.05, 0) is 26.3 Å². The third-order valence-electron chi connectivity index (χ3n) is 3.79. The highest BCUT2D eigenvalue weighted by molar-refractivity contribution is 6.35. The van der Waals surface area contributed by atoms with Crippen LogP contribution in [0.25, 0.3) is 0 Å². The van der Waals surface area contributed by atoms with Crippen molar-refractivity contribution in [2.75, 3.05) is 18.8 Å². The van der Waals surface area contributed by atoms with Crippen LogP contribution in [-0.2, 0) is 0 Å². The Morgan fingerprint density at radius 3 is 2.86 bits per heavy atom. The third kappa shape index (κ3) is 2.37. The second kappa shape index (κ2) is 5.07. The van der Waals surface area contributed by atoms with Gasteiger partial charge in [-0.25, -0.2) is 0 Å². The molecular weight excluding hydrogens is 292 g/mol. The third-order valence-corrected chi connectivity index (χ3v) is 4.17. The Morgan fingerprint density at radius 1 is 1.52 bits per heavy atom. The fraction of sp³-hybridized carbons (Fsp3) is 0.462. The number of nitrogen functional groups attached to an aromatic ring is 1. The molecule has 0 unspecified atom stereocenters. The zero-order chi connectivity index (χ0) is 15.1. The standard InChI is InChI=1S/C13H17ClN6O/c1-7-5-8(2)20(18-7)9-3-4-19(6-9)13(21)11-10(14)12(15)17-16-11/h5,9H,3-4,6H2,1-2H3,(H3,15,16,17)/t9-/m0/s1. The number of amides is 1. The first kappa shape index (κ1) is 13.9.